The number of benzene rings is 6. The van der Waals surface area contributed by atoms with Gasteiger partial charge in [-0.05, 0) is 59.4 Å². The lowest BCUT2D eigenvalue weighted by molar-refractivity contribution is 0.951. The summed E-state index contributed by atoms with van der Waals surface area (Å²) in [6.45, 7) is 4.38. The fourth-order valence-corrected chi connectivity index (χ4v) is 6.38. The molecular weight excluding hydrogens is 548 g/mol. The standard InChI is InChI=1S/C41H30N4/c1-27-14-9-10-21-33(27)34-24-25-36-35-22-11-12-23-37(35)45(38(36)28(34)2)41-43-39(30-17-7-4-8-18-30)42-40(44-41)32-20-13-19-31(26-32)29-15-5-3-6-16-29/h3-26H,1-2H3. The van der Waals surface area contributed by atoms with Gasteiger partial charge in [-0.2, -0.15) is 9.97 Å². The van der Waals surface area contributed by atoms with Gasteiger partial charge in [0.1, 0.15) is 0 Å². The van der Waals surface area contributed by atoms with Gasteiger partial charge in [-0.25, -0.2) is 4.98 Å². The van der Waals surface area contributed by atoms with Crippen LogP contribution in [0.25, 0.3) is 72.8 Å². The summed E-state index contributed by atoms with van der Waals surface area (Å²) in [5.41, 5.74) is 11.2. The number of hydrogen-bond acceptors (Lipinski definition) is 3. The van der Waals surface area contributed by atoms with Crippen molar-refractivity contribution in [3.05, 3.63) is 157 Å². The van der Waals surface area contributed by atoms with E-state index in [0.717, 1.165) is 33.3 Å². The van der Waals surface area contributed by atoms with Gasteiger partial charge in [0.05, 0.1) is 11.0 Å². The van der Waals surface area contributed by atoms with Gasteiger partial charge in [0.25, 0.3) is 0 Å². The van der Waals surface area contributed by atoms with Crippen LogP contribution in [-0.4, -0.2) is 19.5 Å². The van der Waals surface area contributed by atoms with Gasteiger partial charge < -0.3 is 0 Å². The van der Waals surface area contributed by atoms with E-state index < -0.39 is 0 Å². The Hall–Kier alpha value is -5.87. The molecule has 45 heavy (non-hydrogen) atoms. The minimum absolute atomic E-state index is 0.597. The molecule has 8 aromatic rings. The highest BCUT2D eigenvalue weighted by atomic mass is 15.2. The van der Waals surface area contributed by atoms with Crippen molar-refractivity contribution in [1.29, 1.82) is 0 Å². The molecule has 0 spiro atoms. The molecule has 0 amide bonds. The molecule has 214 valence electrons. The van der Waals surface area contributed by atoms with Gasteiger partial charge >= 0.3 is 0 Å². The zero-order valence-corrected chi connectivity index (χ0v) is 25.1. The average Bonchev–Trinajstić information content (AvgIpc) is 3.45. The van der Waals surface area contributed by atoms with E-state index in [4.69, 9.17) is 15.0 Å². The normalized spacial score (nSPS) is 11.3. The first-order valence-electron chi connectivity index (χ1n) is 15.2. The minimum Gasteiger partial charge on any atom is -0.278 e. The molecule has 0 aliphatic heterocycles. The van der Waals surface area contributed by atoms with Crippen molar-refractivity contribution >= 4 is 21.8 Å². The van der Waals surface area contributed by atoms with E-state index in [-0.39, 0.29) is 0 Å². The summed E-state index contributed by atoms with van der Waals surface area (Å²) in [5.74, 6) is 1.87. The smallest absolute Gasteiger partial charge is 0.238 e. The van der Waals surface area contributed by atoms with E-state index in [9.17, 15) is 0 Å². The molecule has 6 aromatic carbocycles. The molecule has 4 heteroatoms. The van der Waals surface area contributed by atoms with E-state index in [1.807, 2.05) is 24.3 Å². The molecule has 0 saturated carbocycles. The quantitative estimate of drug-likeness (QED) is 0.204. The van der Waals surface area contributed by atoms with Crippen molar-refractivity contribution in [2.45, 2.75) is 13.8 Å². The first kappa shape index (κ1) is 26.7. The Balaban J connectivity index is 1.42. The molecule has 2 aromatic heterocycles. The zero-order chi connectivity index (χ0) is 30.3. The first-order chi connectivity index (χ1) is 22.2. The highest BCUT2D eigenvalue weighted by Crippen LogP contribution is 2.38. The molecule has 0 bridgehead atoms. The number of rotatable bonds is 5. The maximum absolute atomic E-state index is 5.21. The van der Waals surface area contributed by atoms with Gasteiger partial charge in [0.2, 0.25) is 5.95 Å². The average molecular weight is 579 g/mol. The predicted octanol–water partition coefficient (Wildman–Crippen LogP) is 10.3. The highest BCUT2D eigenvalue weighted by molar-refractivity contribution is 6.11. The molecule has 2 heterocycles. The van der Waals surface area contributed by atoms with Crippen LogP contribution in [0, 0.1) is 13.8 Å². The monoisotopic (exact) mass is 578 g/mol. The Morgan fingerprint density at radius 3 is 1.84 bits per heavy atom. The summed E-state index contributed by atoms with van der Waals surface area (Å²) in [6, 6.07) is 50.6. The molecule has 0 fully saturated rings. The van der Waals surface area contributed by atoms with Crippen molar-refractivity contribution in [3.8, 4) is 51.0 Å². The Bertz CT molecular complexity index is 2340. The van der Waals surface area contributed by atoms with Crippen LogP contribution in [0.3, 0.4) is 0 Å². The van der Waals surface area contributed by atoms with Gasteiger partial charge in [-0.1, -0.05) is 133 Å². The molecule has 0 radical (unpaired) electrons. The zero-order valence-electron chi connectivity index (χ0n) is 25.1. The van der Waals surface area contributed by atoms with E-state index in [1.54, 1.807) is 0 Å². The van der Waals surface area contributed by atoms with Crippen LogP contribution in [0.4, 0.5) is 0 Å². The lowest BCUT2D eigenvalue weighted by Crippen LogP contribution is -2.07. The third-order valence-electron chi connectivity index (χ3n) is 8.61. The van der Waals surface area contributed by atoms with Crippen LogP contribution in [0.2, 0.25) is 0 Å². The fraction of sp³-hybridized carbons (Fsp3) is 0.0488. The van der Waals surface area contributed by atoms with E-state index in [0.29, 0.717) is 17.6 Å². The van der Waals surface area contributed by atoms with Gasteiger partial charge in [0.15, 0.2) is 11.6 Å². The van der Waals surface area contributed by atoms with Gasteiger partial charge in [-0.3, -0.25) is 4.57 Å². The van der Waals surface area contributed by atoms with E-state index >= 15 is 0 Å². The number of hydrogen-bond donors (Lipinski definition) is 0. The van der Waals surface area contributed by atoms with Crippen molar-refractivity contribution in [1.82, 2.24) is 19.5 Å². The summed E-state index contributed by atoms with van der Waals surface area (Å²) in [5, 5.41) is 2.34. The second kappa shape index (κ2) is 11.0. The maximum atomic E-state index is 5.21. The Labute approximate surface area is 262 Å². The molecule has 0 N–H and O–H groups in total. The summed E-state index contributed by atoms with van der Waals surface area (Å²) in [6.07, 6.45) is 0. The minimum atomic E-state index is 0.597. The van der Waals surface area contributed by atoms with Crippen LogP contribution < -0.4 is 0 Å². The number of aromatic nitrogens is 4. The van der Waals surface area contributed by atoms with Crippen LogP contribution in [0.1, 0.15) is 11.1 Å². The molecule has 8 rings (SSSR count). The number of nitrogens with zero attached hydrogens (tertiary/aromatic N) is 4. The molecule has 0 unspecified atom stereocenters. The summed E-state index contributed by atoms with van der Waals surface area (Å²) in [7, 11) is 0. The lowest BCUT2D eigenvalue weighted by Gasteiger charge is -2.14. The molecule has 0 aliphatic rings. The van der Waals surface area contributed by atoms with E-state index in [2.05, 4.69) is 140 Å². The van der Waals surface area contributed by atoms with Gasteiger partial charge in [-0.15, -0.1) is 0 Å². The van der Waals surface area contributed by atoms with Crippen molar-refractivity contribution in [3.63, 3.8) is 0 Å². The predicted molar refractivity (Wildman–Crippen MR) is 185 cm³/mol. The van der Waals surface area contributed by atoms with Crippen molar-refractivity contribution in [2.24, 2.45) is 0 Å². The maximum Gasteiger partial charge on any atom is 0.238 e. The summed E-state index contributed by atoms with van der Waals surface area (Å²) >= 11 is 0. The lowest BCUT2D eigenvalue weighted by atomic mass is 9.95. The van der Waals surface area contributed by atoms with Crippen LogP contribution >= 0.6 is 0 Å². The molecule has 0 saturated heterocycles. The SMILES string of the molecule is Cc1ccccc1-c1ccc2c3ccccc3n(-c3nc(-c4ccccc4)nc(-c4cccc(-c5ccccc5)c4)n3)c2c1C. The van der Waals surface area contributed by atoms with Crippen LogP contribution in [0.5, 0.6) is 0 Å². The van der Waals surface area contributed by atoms with Gasteiger partial charge in [0, 0.05) is 21.9 Å². The summed E-state index contributed by atoms with van der Waals surface area (Å²) in [4.78, 5) is 15.4. The Morgan fingerprint density at radius 2 is 1.07 bits per heavy atom. The Morgan fingerprint density at radius 1 is 0.444 bits per heavy atom. The van der Waals surface area contributed by atoms with Crippen molar-refractivity contribution in [2.75, 3.05) is 0 Å². The van der Waals surface area contributed by atoms with Crippen molar-refractivity contribution < 1.29 is 0 Å². The third-order valence-corrected chi connectivity index (χ3v) is 8.61. The second-order valence-corrected chi connectivity index (χ2v) is 11.4. The molecule has 0 aliphatic carbocycles. The number of aryl methyl sites for hydroxylation is 2. The number of para-hydroxylation sites is 1. The highest BCUT2D eigenvalue weighted by Gasteiger charge is 2.21. The van der Waals surface area contributed by atoms with E-state index in [1.165, 1.54) is 33.0 Å². The number of fused-ring (bicyclic) bond motifs is 3. The van der Waals surface area contributed by atoms with Crippen LogP contribution in [0.15, 0.2) is 146 Å². The molecular formula is C41H30N4. The topological polar surface area (TPSA) is 43.6 Å². The second-order valence-electron chi connectivity index (χ2n) is 11.4. The third kappa shape index (κ3) is 4.68. The fourth-order valence-electron chi connectivity index (χ4n) is 6.38. The molecule has 4 nitrogen and oxygen atoms in total. The first-order valence-corrected chi connectivity index (χ1v) is 15.2. The molecule has 0 atom stereocenters. The largest absolute Gasteiger partial charge is 0.278 e. The Kier molecular flexibility index (Phi) is 6.54. The van der Waals surface area contributed by atoms with Crippen LogP contribution in [-0.2, 0) is 0 Å². The summed E-state index contributed by atoms with van der Waals surface area (Å²) < 4.78 is 2.22.